The second-order valence-electron chi connectivity index (χ2n) is 7.40. The molecule has 2 N–H and O–H groups in total. The van der Waals surface area contributed by atoms with Crippen molar-refractivity contribution in [1.82, 2.24) is 9.97 Å². The van der Waals surface area contributed by atoms with Gasteiger partial charge in [-0.25, -0.2) is 4.98 Å². The molecule has 2 heterocycles. The Labute approximate surface area is 186 Å². The predicted octanol–water partition coefficient (Wildman–Crippen LogP) is 4.14. The number of benzene rings is 3. The molecular formula is C25H24N4O3. The summed E-state index contributed by atoms with van der Waals surface area (Å²) in [7, 11) is 0. The van der Waals surface area contributed by atoms with Gasteiger partial charge in [0, 0.05) is 11.9 Å². The average molecular weight is 428 g/mol. The number of nitrogens with one attached hydrogen (secondary N) is 1. The van der Waals surface area contributed by atoms with E-state index in [1.165, 1.54) is 0 Å². The third-order valence-corrected chi connectivity index (χ3v) is 5.30. The van der Waals surface area contributed by atoms with E-state index in [0.29, 0.717) is 36.9 Å². The molecule has 0 aliphatic carbocycles. The van der Waals surface area contributed by atoms with Gasteiger partial charge in [0.25, 0.3) is 0 Å². The van der Waals surface area contributed by atoms with Crippen LogP contribution >= 0.6 is 0 Å². The van der Waals surface area contributed by atoms with Crippen molar-refractivity contribution in [2.45, 2.75) is 6.54 Å². The van der Waals surface area contributed by atoms with E-state index in [1.807, 2.05) is 60.7 Å². The minimum absolute atomic E-state index is 0.0652. The second-order valence-corrected chi connectivity index (χ2v) is 7.40. The predicted molar refractivity (Wildman–Crippen MR) is 125 cm³/mol. The number of aromatic nitrogens is 2. The van der Waals surface area contributed by atoms with Crippen molar-refractivity contribution in [2.75, 3.05) is 36.6 Å². The first kappa shape index (κ1) is 20.1. The number of para-hydroxylation sites is 3. The molecule has 0 saturated heterocycles. The molecule has 0 amide bonds. The molecule has 5 rings (SSSR count). The van der Waals surface area contributed by atoms with Gasteiger partial charge in [-0.3, -0.25) is 0 Å². The van der Waals surface area contributed by atoms with Gasteiger partial charge in [-0.2, -0.15) is 4.98 Å². The van der Waals surface area contributed by atoms with Gasteiger partial charge in [-0.05, 0) is 29.8 Å². The number of fused-ring (bicyclic) bond motifs is 2. The van der Waals surface area contributed by atoms with Crippen LogP contribution in [0.2, 0.25) is 0 Å². The Balaban J connectivity index is 1.60. The first-order chi connectivity index (χ1) is 15.8. The van der Waals surface area contributed by atoms with Crippen molar-refractivity contribution >= 4 is 28.4 Å². The topological polar surface area (TPSA) is 79.7 Å². The van der Waals surface area contributed by atoms with Crippen LogP contribution in [0.1, 0.15) is 5.56 Å². The number of ether oxygens (including phenoxy) is 2. The van der Waals surface area contributed by atoms with Crippen LogP contribution in [0.5, 0.6) is 11.5 Å². The molecule has 1 aliphatic rings. The Morgan fingerprint density at radius 1 is 0.969 bits per heavy atom. The molecule has 1 aromatic heterocycles. The van der Waals surface area contributed by atoms with Gasteiger partial charge in [-0.1, -0.05) is 48.5 Å². The third-order valence-electron chi connectivity index (χ3n) is 5.30. The zero-order valence-corrected chi connectivity index (χ0v) is 17.6. The van der Waals surface area contributed by atoms with E-state index in [1.54, 1.807) is 0 Å². The Hall–Kier alpha value is -3.84. The van der Waals surface area contributed by atoms with Crippen LogP contribution in [-0.4, -0.2) is 41.4 Å². The van der Waals surface area contributed by atoms with Crippen LogP contribution in [0.3, 0.4) is 0 Å². The van der Waals surface area contributed by atoms with Crippen molar-refractivity contribution < 1.29 is 14.6 Å². The molecule has 7 heteroatoms. The highest BCUT2D eigenvalue weighted by Gasteiger charge is 2.23. The summed E-state index contributed by atoms with van der Waals surface area (Å²) < 4.78 is 11.6. The summed E-state index contributed by atoms with van der Waals surface area (Å²) in [5, 5.41) is 13.6. The summed E-state index contributed by atoms with van der Waals surface area (Å²) in [6.45, 7) is 1.96. The Morgan fingerprint density at radius 2 is 1.81 bits per heavy atom. The molecule has 0 bridgehead atoms. The van der Waals surface area contributed by atoms with Gasteiger partial charge in [0.1, 0.15) is 36.0 Å². The van der Waals surface area contributed by atoms with Gasteiger partial charge >= 0.3 is 0 Å². The molecule has 0 saturated carbocycles. The molecule has 0 fully saturated rings. The first-order valence-electron chi connectivity index (χ1n) is 10.6. The summed E-state index contributed by atoms with van der Waals surface area (Å²) in [6, 6.07) is 23.8. The Morgan fingerprint density at radius 3 is 2.69 bits per heavy atom. The fraction of sp³-hybridized carbons (Fsp3) is 0.200. The molecule has 7 nitrogen and oxygen atoms in total. The quantitative estimate of drug-likeness (QED) is 0.458. The zero-order chi connectivity index (χ0) is 21.8. The third kappa shape index (κ3) is 4.02. The van der Waals surface area contributed by atoms with E-state index in [-0.39, 0.29) is 13.2 Å². The van der Waals surface area contributed by atoms with Crippen molar-refractivity contribution in [3.63, 3.8) is 0 Å². The zero-order valence-electron chi connectivity index (χ0n) is 17.6. The van der Waals surface area contributed by atoms with Crippen LogP contribution < -0.4 is 19.7 Å². The van der Waals surface area contributed by atoms with Crippen molar-refractivity contribution in [2.24, 2.45) is 0 Å². The van der Waals surface area contributed by atoms with Crippen LogP contribution in [0.25, 0.3) is 10.9 Å². The molecule has 32 heavy (non-hydrogen) atoms. The summed E-state index contributed by atoms with van der Waals surface area (Å²) in [5.41, 5.74) is 2.79. The van der Waals surface area contributed by atoms with Crippen molar-refractivity contribution in [1.29, 1.82) is 0 Å². The van der Waals surface area contributed by atoms with E-state index in [2.05, 4.69) is 22.3 Å². The minimum atomic E-state index is -0.0652. The molecule has 0 unspecified atom stereocenters. The Kier molecular flexibility index (Phi) is 5.72. The molecule has 162 valence electrons. The van der Waals surface area contributed by atoms with E-state index >= 15 is 0 Å². The van der Waals surface area contributed by atoms with Crippen LogP contribution in [0.15, 0.2) is 72.8 Å². The number of hydrogen-bond acceptors (Lipinski definition) is 7. The number of anilines is 3. The number of rotatable bonds is 7. The van der Waals surface area contributed by atoms with Gasteiger partial charge < -0.3 is 24.8 Å². The van der Waals surface area contributed by atoms with E-state index in [0.717, 1.165) is 28.2 Å². The van der Waals surface area contributed by atoms with Gasteiger partial charge in [0.2, 0.25) is 5.95 Å². The van der Waals surface area contributed by atoms with Crippen LogP contribution in [-0.2, 0) is 6.54 Å². The molecule has 1 aliphatic heterocycles. The largest absolute Gasteiger partial charge is 0.490 e. The standard InChI is InChI=1S/C25H24N4O3/c30-14-16-32-22-12-6-9-19-23(22)27-25(28-24(19)26-17-18-7-2-1-3-8-18)29-13-15-31-21-11-5-4-10-20(21)29/h1-12,30H,13-17H2,(H,26,27,28). The SMILES string of the molecule is OCCOc1cccc2c(NCc3ccccc3)nc(N3CCOc4ccccc43)nc12. The second kappa shape index (κ2) is 9.11. The highest BCUT2D eigenvalue weighted by molar-refractivity contribution is 5.94. The molecule has 0 spiro atoms. The normalized spacial score (nSPS) is 12.8. The lowest BCUT2D eigenvalue weighted by molar-refractivity contribution is 0.202. The van der Waals surface area contributed by atoms with Crippen molar-refractivity contribution in [3.05, 3.63) is 78.4 Å². The van der Waals surface area contributed by atoms with Gasteiger partial charge in [0.05, 0.1) is 18.8 Å². The lowest BCUT2D eigenvalue weighted by atomic mass is 10.2. The summed E-state index contributed by atoms with van der Waals surface area (Å²) in [5.74, 6) is 2.73. The highest BCUT2D eigenvalue weighted by Crippen LogP contribution is 2.37. The molecule has 3 aromatic carbocycles. The average Bonchev–Trinajstić information content (AvgIpc) is 2.86. The van der Waals surface area contributed by atoms with Crippen LogP contribution in [0.4, 0.5) is 17.5 Å². The van der Waals surface area contributed by atoms with Crippen LogP contribution in [0, 0.1) is 0 Å². The molecular weight excluding hydrogens is 404 g/mol. The van der Waals surface area contributed by atoms with E-state index in [4.69, 9.17) is 19.4 Å². The summed E-state index contributed by atoms with van der Waals surface area (Å²) in [4.78, 5) is 11.8. The summed E-state index contributed by atoms with van der Waals surface area (Å²) in [6.07, 6.45) is 0. The lowest BCUT2D eigenvalue weighted by Crippen LogP contribution is -2.30. The maximum Gasteiger partial charge on any atom is 0.232 e. The lowest BCUT2D eigenvalue weighted by Gasteiger charge is -2.30. The van der Waals surface area contributed by atoms with Gasteiger partial charge in [0.15, 0.2) is 0 Å². The van der Waals surface area contributed by atoms with Crippen molar-refractivity contribution in [3.8, 4) is 11.5 Å². The maximum absolute atomic E-state index is 9.24. The molecule has 4 aromatic rings. The van der Waals surface area contributed by atoms with E-state index in [9.17, 15) is 5.11 Å². The fourth-order valence-corrected chi connectivity index (χ4v) is 3.80. The summed E-state index contributed by atoms with van der Waals surface area (Å²) >= 11 is 0. The number of aliphatic hydroxyl groups is 1. The van der Waals surface area contributed by atoms with Gasteiger partial charge in [-0.15, -0.1) is 0 Å². The number of nitrogens with zero attached hydrogens (tertiary/aromatic N) is 3. The highest BCUT2D eigenvalue weighted by atomic mass is 16.5. The minimum Gasteiger partial charge on any atom is -0.490 e. The monoisotopic (exact) mass is 428 g/mol. The number of hydrogen-bond donors (Lipinski definition) is 2. The smallest absolute Gasteiger partial charge is 0.232 e. The first-order valence-corrected chi connectivity index (χ1v) is 10.6. The van der Waals surface area contributed by atoms with E-state index < -0.39 is 0 Å². The Bertz CT molecular complexity index is 1220. The maximum atomic E-state index is 9.24. The fourth-order valence-electron chi connectivity index (χ4n) is 3.80. The molecule has 0 atom stereocenters. The molecule has 0 radical (unpaired) electrons. The number of aliphatic hydroxyl groups excluding tert-OH is 1.